The number of phenols is 1. The molecular formula is C16H20N2O3. The molecule has 0 spiro atoms. The van der Waals surface area contributed by atoms with Gasteiger partial charge in [-0.15, -0.1) is 0 Å². The monoisotopic (exact) mass is 288 g/mol. The fraction of sp³-hybridized carbons (Fsp3) is 0.375. The Kier molecular flexibility index (Phi) is 4.62. The summed E-state index contributed by atoms with van der Waals surface area (Å²) in [5, 5.41) is 12.2. The molecule has 2 N–H and O–H groups in total. The Morgan fingerprint density at radius 3 is 2.48 bits per heavy atom. The molecule has 0 aromatic heterocycles. The van der Waals surface area contributed by atoms with Crippen LogP contribution >= 0.6 is 0 Å². The van der Waals surface area contributed by atoms with E-state index >= 15 is 0 Å². The number of anilines is 1. The van der Waals surface area contributed by atoms with E-state index in [-0.39, 0.29) is 29.4 Å². The van der Waals surface area contributed by atoms with E-state index in [4.69, 9.17) is 0 Å². The SMILES string of the molecule is CN(C)C(=O)C1CC=CCC1C(=O)Nc1cccc(O)c1. The van der Waals surface area contributed by atoms with E-state index < -0.39 is 0 Å². The minimum Gasteiger partial charge on any atom is -0.508 e. The van der Waals surface area contributed by atoms with Crippen molar-refractivity contribution < 1.29 is 14.7 Å². The van der Waals surface area contributed by atoms with Crippen molar-refractivity contribution >= 4 is 17.5 Å². The van der Waals surface area contributed by atoms with Crippen LogP contribution in [0, 0.1) is 11.8 Å². The third kappa shape index (κ3) is 3.62. The van der Waals surface area contributed by atoms with Crippen LogP contribution in [0.15, 0.2) is 36.4 Å². The van der Waals surface area contributed by atoms with E-state index in [1.165, 1.54) is 17.0 Å². The molecule has 1 aromatic carbocycles. The first kappa shape index (κ1) is 15.1. The Labute approximate surface area is 124 Å². The maximum atomic E-state index is 12.4. The van der Waals surface area contributed by atoms with Gasteiger partial charge in [0.15, 0.2) is 0 Å². The van der Waals surface area contributed by atoms with Gasteiger partial charge in [-0.1, -0.05) is 18.2 Å². The summed E-state index contributed by atoms with van der Waals surface area (Å²) in [6.07, 6.45) is 5.01. The van der Waals surface area contributed by atoms with Crippen molar-refractivity contribution in [3.63, 3.8) is 0 Å². The number of aromatic hydroxyl groups is 1. The van der Waals surface area contributed by atoms with Crippen LogP contribution < -0.4 is 5.32 Å². The van der Waals surface area contributed by atoms with Crippen molar-refractivity contribution in [2.24, 2.45) is 11.8 Å². The second kappa shape index (κ2) is 6.43. The third-order valence-electron chi connectivity index (χ3n) is 3.64. The van der Waals surface area contributed by atoms with E-state index in [2.05, 4.69) is 5.32 Å². The van der Waals surface area contributed by atoms with E-state index in [1.807, 2.05) is 12.2 Å². The summed E-state index contributed by atoms with van der Waals surface area (Å²) in [6.45, 7) is 0. The number of phenolic OH excluding ortho intramolecular Hbond substituents is 1. The van der Waals surface area contributed by atoms with Crippen LogP contribution in [-0.4, -0.2) is 35.9 Å². The van der Waals surface area contributed by atoms with Gasteiger partial charge in [0.25, 0.3) is 0 Å². The first-order valence-corrected chi connectivity index (χ1v) is 6.95. The molecule has 5 nitrogen and oxygen atoms in total. The second-order valence-corrected chi connectivity index (χ2v) is 5.43. The van der Waals surface area contributed by atoms with Gasteiger partial charge in [-0.2, -0.15) is 0 Å². The lowest BCUT2D eigenvalue weighted by Gasteiger charge is -2.28. The third-order valence-corrected chi connectivity index (χ3v) is 3.64. The average Bonchev–Trinajstić information content (AvgIpc) is 2.46. The zero-order valence-electron chi connectivity index (χ0n) is 12.2. The van der Waals surface area contributed by atoms with Crippen molar-refractivity contribution in [2.45, 2.75) is 12.8 Å². The molecule has 1 aliphatic carbocycles. The summed E-state index contributed by atoms with van der Waals surface area (Å²) < 4.78 is 0. The number of nitrogens with one attached hydrogen (secondary N) is 1. The number of nitrogens with zero attached hydrogens (tertiary/aromatic N) is 1. The van der Waals surface area contributed by atoms with Crippen LogP contribution in [0.4, 0.5) is 5.69 Å². The normalized spacial score (nSPS) is 20.9. The van der Waals surface area contributed by atoms with Gasteiger partial charge in [0.2, 0.25) is 11.8 Å². The predicted octanol–water partition coefficient (Wildman–Crippen LogP) is 2.00. The molecule has 2 atom stereocenters. The lowest BCUT2D eigenvalue weighted by atomic mass is 9.81. The lowest BCUT2D eigenvalue weighted by molar-refractivity contribution is -0.138. The van der Waals surface area contributed by atoms with Gasteiger partial charge in [-0.05, 0) is 25.0 Å². The second-order valence-electron chi connectivity index (χ2n) is 5.43. The number of benzene rings is 1. The van der Waals surface area contributed by atoms with E-state index in [9.17, 15) is 14.7 Å². The van der Waals surface area contributed by atoms with E-state index in [0.29, 0.717) is 18.5 Å². The summed E-state index contributed by atoms with van der Waals surface area (Å²) >= 11 is 0. The fourth-order valence-electron chi connectivity index (χ4n) is 2.53. The van der Waals surface area contributed by atoms with Crippen molar-refractivity contribution in [1.82, 2.24) is 4.90 Å². The Morgan fingerprint density at radius 2 is 1.86 bits per heavy atom. The summed E-state index contributed by atoms with van der Waals surface area (Å²) in [7, 11) is 3.40. The van der Waals surface area contributed by atoms with E-state index in [0.717, 1.165) is 0 Å². The highest BCUT2D eigenvalue weighted by atomic mass is 16.3. The molecular weight excluding hydrogens is 268 g/mol. The maximum absolute atomic E-state index is 12.4. The van der Waals surface area contributed by atoms with Crippen molar-refractivity contribution in [2.75, 3.05) is 19.4 Å². The number of amides is 2. The molecule has 5 heteroatoms. The Morgan fingerprint density at radius 1 is 1.19 bits per heavy atom. The van der Waals surface area contributed by atoms with Gasteiger partial charge in [-0.3, -0.25) is 9.59 Å². The topological polar surface area (TPSA) is 69.6 Å². The van der Waals surface area contributed by atoms with Crippen molar-refractivity contribution in [3.05, 3.63) is 36.4 Å². The molecule has 0 heterocycles. The van der Waals surface area contributed by atoms with Crippen LogP contribution in [0.3, 0.4) is 0 Å². The number of carbonyl (C=O) groups is 2. The molecule has 21 heavy (non-hydrogen) atoms. The number of rotatable bonds is 3. The number of allylic oxidation sites excluding steroid dienone is 2. The highest BCUT2D eigenvalue weighted by molar-refractivity contribution is 5.96. The number of carbonyl (C=O) groups excluding carboxylic acids is 2. The average molecular weight is 288 g/mol. The van der Waals surface area contributed by atoms with Gasteiger partial charge < -0.3 is 15.3 Å². The van der Waals surface area contributed by atoms with Crippen LogP contribution in [-0.2, 0) is 9.59 Å². The quantitative estimate of drug-likeness (QED) is 0.836. The molecule has 0 saturated carbocycles. The Balaban J connectivity index is 2.12. The molecule has 2 rings (SSSR count). The van der Waals surface area contributed by atoms with Crippen molar-refractivity contribution in [1.29, 1.82) is 0 Å². The summed E-state index contributed by atoms with van der Waals surface area (Å²) in [5.74, 6) is -0.840. The minimum absolute atomic E-state index is 0.0320. The molecule has 1 aliphatic rings. The van der Waals surface area contributed by atoms with Crippen molar-refractivity contribution in [3.8, 4) is 5.75 Å². The minimum atomic E-state index is -0.382. The van der Waals surface area contributed by atoms with Crippen LogP contribution in [0.5, 0.6) is 5.75 Å². The van der Waals surface area contributed by atoms with Gasteiger partial charge in [0.05, 0.1) is 11.8 Å². The molecule has 0 saturated heterocycles. The predicted molar refractivity (Wildman–Crippen MR) is 80.8 cm³/mol. The van der Waals surface area contributed by atoms with Crippen LogP contribution in [0.1, 0.15) is 12.8 Å². The fourth-order valence-corrected chi connectivity index (χ4v) is 2.53. The lowest BCUT2D eigenvalue weighted by Crippen LogP contribution is -2.40. The zero-order chi connectivity index (χ0) is 15.4. The number of hydrogen-bond donors (Lipinski definition) is 2. The smallest absolute Gasteiger partial charge is 0.228 e. The van der Waals surface area contributed by atoms with Gasteiger partial charge in [0, 0.05) is 25.8 Å². The standard InChI is InChI=1S/C16H20N2O3/c1-18(2)16(21)14-9-4-3-8-13(14)15(20)17-11-6-5-7-12(19)10-11/h3-7,10,13-14,19H,8-9H2,1-2H3,(H,17,20). The molecule has 112 valence electrons. The largest absolute Gasteiger partial charge is 0.508 e. The Bertz CT molecular complexity index is 566. The van der Waals surface area contributed by atoms with Gasteiger partial charge in [0.1, 0.15) is 5.75 Å². The summed E-state index contributed by atoms with van der Waals surface area (Å²) in [6, 6.07) is 6.39. The highest BCUT2D eigenvalue weighted by Crippen LogP contribution is 2.28. The summed E-state index contributed by atoms with van der Waals surface area (Å²) in [5.41, 5.74) is 0.533. The molecule has 0 fully saturated rings. The zero-order valence-corrected chi connectivity index (χ0v) is 12.2. The molecule has 0 bridgehead atoms. The maximum Gasteiger partial charge on any atom is 0.228 e. The number of hydrogen-bond acceptors (Lipinski definition) is 3. The van der Waals surface area contributed by atoms with E-state index in [1.54, 1.807) is 26.2 Å². The van der Waals surface area contributed by atoms with Crippen LogP contribution in [0.2, 0.25) is 0 Å². The first-order valence-electron chi connectivity index (χ1n) is 6.95. The van der Waals surface area contributed by atoms with Crippen LogP contribution in [0.25, 0.3) is 0 Å². The van der Waals surface area contributed by atoms with Gasteiger partial charge in [-0.25, -0.2) is 0 Å². The molecule has 0 aliphatic heterocycles. The first-order chi connectivity index (χ1) is 9.99. The Hall–Kier alpha value is -2.30. The molecule has 1 aromatic rings. The van der Waals surface area contributed by atoms with Gasteiger partial charge >= 0.3 is 0 Å². The molecule has 2 amide bonds. The molecule has 0 radical (unpaired) electrons. The highest BCUT2D eigenvalue weighted by Gasteiger charge is 2.34. The summed E-state index contributed by atoms with van der Waals surface area (Å²) in [4.78, 5) is 26.1. The molecule has 2 unspecified atom stereocenters.